The molecule has 1 heterocycles. The van der Waals surface area contributed by atoms with Gasteiger partial charge in [-0.25, -0.2) is 0 Å². The van der Waals surface area contributed by atoms with Crippen LogP contribution in [0.5, 0.6) is 0 Å². The standard InChI is InChI=1S/C19H26N2/c1-2-21-19(13-15-7-4-3-5-8-15)17-10-6-9-16-11-12-20-14-18(16)17/h6,9-12,14-15,19,21H,2-5,7-8,13H2,1H3. The SMILES string of the molecule is CCNC(CC1CCCCC1)c1cccc2ccncc12. The highest BCUT2D eigenvalue weighted by molar-refractivity contribution is 5.85. The molecular formula is C19H26N2. The van der Waals surface area contributed by atoms with Gasteiger partial charge in [-0.1, -0.05) is 57.2 Å². The van der Waals surface area contributed by atoms with Crippen molar-refractivity contribution >= 4 is 10.8 Å². The fraction of sp³-hybridized carbons (Fsp3) is 0.526. The van der Waals surface area contributed by atoms with E-state index >= 15 is 0 Å². The molecule has 1 unspecified atom stereocenters. The summed E-state index contributed by atoms with van der Waals surface area (Å²) in [5.74, 6) is 0.884. The number of fused-ring (bicyclic) bond motifs is 1. The first-order valence-corrected chi connectivity index (χ1v) is 8.44. The van der Waals surface area contributed by atoms with E-state index in [0.717, 1.165) is 12.5 Å². The summed E-state index contributed by atoms with van der Waals surface area (Å²) in [6.45, 7) is 3.23. The second-order valence-corrected chi connectivity index (χ2v) is 6.29. The van der Waals surface area contributed by atoms with Crippen molar-refractivity contribution in [1.29, 1.82) is 0 Å². The van der Waals surface area contributed by atoms with E-state index in [1.165, 1.54) is 54.9 Å². The molecule has 1 saturated carbocycles. The van der Waals surface area contributed by atoms with Crippen molar-refractivity contribution in [3.05, 3.63) is 42.2 Å². The first-order valence-electron chi connectivity index (χ1n) is 8.44. The number of rotatable bonds is 5. The number of hydrogen-bond donors (Lipinski definition) is 1. The summed E-state index contributed by atoms with van der Waals surface area (Å²) in [4.78, 5) is 4.34. The lowest BCUT2D eigenvalue weighted by molar-refractivity contribution is 0.302. The Hall–Kier alpha value is -1.41. The van der Waals surface area contributed by atoms with Gasteiger partial charge in [-0.2, -0.15) is 0 Å². The smallest absolute Gasteiger partial charge is 0.0349 e. The summed E-state index contributed by atoms with van der Waals surface area (Å²) in [5.41, 5.74) is 1.42. The zero-order valence-corrected chi connectivity index (χ0v) is 13.0. The molecule has 1 fully saturated rings. The molecule has 0 saturated heterocycles. The first-order chi connectivity index (χ1) is 10.4. The van der Waals surface area contributed by atoms with Crippen molar-refractivity contribution in [3.8, 4) is 0 Å². The molecule has 0 aliphatic heterocycles. The van der Waals surface area contributed by atoms with Crippen molar-refractivity contribution in [3.63, 3.8) is 0 Å². The van der Waals surface area contributed by atoms with Crippen molar-refractivity contribution < 1.29 is 0 Å². The third-order valence-electron chi connectivity index (χ3n) is 4.84. The molecule has 1 atom stereocenters. The Labute approximate surface area is 128 Å². The average Bonchev–Trinajstić information content (AvgIpc) is 2.55. The van der Waals surface area contributed by atoms with Crippen molar-refractivity contribution in [2.24, 2.45) is 5.92 Å². The number of hydrogen-bond acceptors (Lipinski definition) is 2. The van der Waals surface area contributed by atoms with Crippen molar-refractivity contribution in [2.45, 2.75) is 51.5 Å². The van der Waals surface area contributed by atoms with E-state index in [2.05, 4.69) is 41.5 Å². The Balaban J connectivity index is 1.87. The number of nitrogens with zero attached hydrogens (tertiary/aromatic N) is 1. The predicted molar refractivity (Wildman–Crippen MR) is 89.4 cm³/mol. The van der Waals surface area contributed by atoms with E-state index in [1.54, 1.807) is 0 Å². The van der Waals surface area contributed by atoms with Gasteiger partial charge in [-0.3, -0.25) is 4.98 Å². The maximum atomic E-state index is 4.34. The normalized spacial score (nSPS) is 18.0. The zero-order chi connectivity index (χ0) is 14.5. The molecule has 1 aliphatic rings. The highest BCUT2D eigenvalue weighted by Crippen LogP contribution is 2.34. The van der Waals surface area contributed by atoms with Crippen LogP contribution in [-0.2, 0) is 0 Å². The molecule has 2 nitrogen and oxygen atoms in total. The van der Waals surface area contributed by atoms with Crippen LogP contribution < -0.4 is 5.32 Å². The third kappa shape index (κ3) is 3.44. The molecule has 2 heteroatoms. The predicted octanol–water partition coefficient (Wildman–Crippen LogP) is 4.86. The fourth-order valence-electron chi connectivity index (χ4n) is 3.76. The van der Waals surface area contributed by atoms with Gasteiger partial charge in [0.2, 0.25) is 0 Å². The second-order valence-electron chi connectivity index (χ2n) is 6.29. The molecule has 3 rings (SSSR count). The lowest BCUT2D eigenvalue weighted by Crippen LogP contribution is -2.24. The molecule has 0 radical (unpaired) electrons. The van der Waals surface area contributed by atoms with Crippen LogP contribution in [0.2, 0.25) is 0 Å². The number of pyridine rings is 1. The van der Waals surface area contributed by atoms with E-state index in [1.807, 2.05) is 12.4 Å². The number of benzene rings is 1. The molecular weight excluding hydrogens is 256 g/mol. The Kier molecular flexibility index (Phi) is 4.87. The Morgan fingerprint density at radius 3 is 2.86 bits per heavy atom. The first kappa shape index (κ1) is 14.5. The molecule has 1 aromatic carbocycles. The molecule has 21 heavy (non-hydrogen) atoms. The molecule has 0 bridgehead atoms. The molecule has 2 aromatic rings. The maximum Gasteiger partial charge on any atom is 0.0349 e. The van der Waals surface area contributed by atoms with E-state index in [4.69, 9.17) is 0 Å². The van der Waals surface area contributed by atoms with Gasteiger partial charge in [0, 0.05) is 23.8 Å². The minimum absolute atomic E-state index is 0.464. The molecule has 0 spiro atoms. The lowest BCUT2D eigenvalue weighted by Gasteiger charge is -2.28. The van der Waals surface area contributed by atoms with Crippen LogP contribution in [0.1, 0.15) is 57.1 Å². The highest BCUT2D eigenvalue weighted by Gasteiger charge is 2.20. The lowest BCUT2D eigenvalue weighted by atomic mass is 9.82. The van der Waals surface area contributed by atoms with Gasteiger partial charge in [-0.05, 0) is 35.9 Å². The Morgan fingerprint density at radius 1 is 1.19 bits per heavy atom. The third-order valence-corrected chi connectivity index (χ3v) is 4.84. The Bertz CT molecular complexity index is 567. The minimum Gasteiger partial charge on any atom is -0.310 e. The number of nitrogens with one attached hydrogen (secondary N) is 1. The summed E-state index contributed by atoms with van der Waals surface area (Å²) in [7, 11) is 0. The Morgan fingerprint density at radius 2 is 2.05 bits per heavy atom. The van der Waals surface area contributed by atoms with Crippen LogP contribution in [-0.4, -0.2) is 11.5 Å². The van der Waals surface area contributed by atoms with Crippen LogP contribution in [0.4, 0.5) is 0 Å². The van der Waals surface area contributed by atoms with Gasteiger partial charge in [0.15, 0.2) is 0 Å². The van der Waals surface area contributed by atoms with Crippen LogP contribution in [0.3, 0.4) is 0 Å². The van der Waals surface area contributed by atoms with Crippen LogP contribution in [0.15, 0.2) is 36.7 Å². The molecule has 112 valence electrons. The van der Waals surface area contributed by atoms with Crippen LogP contribution in [0, 0.1) is 5.92 Å². The molecule has 0 amide bonds. The van der Waals surface area contributed by atoms with Crippen molar-refractivity contribution in [2.75, 3.05) is 6.54 Å². The van der Waals surface area contributed by atoms with Gasteiger partial charge in [0.05, 0.1) is 0 Å². The van der Waals surface area contributed by atoms with E-state index < -0.39 is 0 Å². The largest absolute Gasteiger partial charge is 0.310 e. The van der Waals surface area contributed by atoms with Gasteiger partial charge < -0.3 is 5.32 Å². The molecule has 1 aromatic heterocycles. The molecule has 1 N–H and O–H groups in total. The van der Waals surface area contributed by atoms with Gasteiger partial charge in [-0.15, -0.1) is 0 Å². The van der Waals surface area contributed by atoms with Gasteiger partial charge >= 0.3 is 0 Å². The summed E-state index contributed by atoms with van der Waals surface area (Å²) in [5, 5.41) is 6.32. The maximum absolute atomic E-state index is 4.34. The van der Waals surface area contributed by atoms with Gasteiger partial charge in [0.1, 0.15) is 0 Å². The monoisotopic (exact) mass is 282 g/mol. The van der Waals surface area contributed by atoms with E-state index in [-0.39, 0.29) is 0 Å². The van der Waals surface area contributed by atoms with Gasteiger partial charge in [0.25, 0.3) is 0 Å². The number of aromatic nitrogens is 1. The molecule has 1 aliphatic carbocycles. The second kappa shape index (κ2) is 7.04. The summed E-state index contributed by atoms with van der Waals surface area (Å²) in [6.07, 6.45) is 12.3. The summed E-state index contributed by atoms with van der Waals surface area (Å²) < 4.78 is 0. The topological polar surface area (TPSA) is 24.9 Å². The zero-order valence-electron chi connectivity index (χ0n) is 13.0. The van der Waals surface area contributed by atoms with Crippen LogP contribution >= 0.6 is 0 Å². The fourth-order valence-corrected chi connectivity index (χ4v) is 3.76. The van der Waals surface area contributed by atoms with Crippen LogP contribution in [0.25, 0.3) is 10.8 Å². The minimum atomic E-state index is 0.464. The highest BCUT2D eigenvalue weighted by atomic mass is 14.9. The van der Waals surface area contributed by atoms with E-state index in [9.17, 15) is 0 Å². The summed E-state index contributed by atoms with van der Waals surface area (Å²) in [6, 6.07) is 9.22. The van der Waals surface area contributed by atoms with E-state index in [0.29, 0.717) is 6.04 Å². The quantitative estimate of drug-likeness (QED) is 0.847. The summed E-state index contributed by atoms with van der Waals surface area (Å²) >= 11 is 0. The van der Waals surface area contributed by atoms with Crippen molar-refractivity contribution in [1.82, 2.24) is 10.3 Å². The average molecular weight is 282 g/mol.